The van der Waals surface area contributed by atoms with Crippen LogP contribution in [0.5, 0.6) is 0 Å². The Morgan fingerprint density at radius 2 is 1.54 bits per heavy atom. The molecule has 0 N–H and O–H groups in total. The fraction of sp³-hybridized carbons (Fsp3) is 0.640. The number of carbonyl (C=O) groups excluding carboxylic acids is 1. The minimum absolute atomic E-state index is 0.0827. The van der Waals surface area contributed by atoms with Crippen molar-refractivity contribution in [2.45, 2.75) is 81.6 Å². The topological polar surface area (TPSA) is 17.1 Å². The SMILES string of the molecule is Cc1c(C)c(CC(C)C)c(C)c(C)c1/C=C1\C(=O)C2(C)CCC1C2(C)C. The summed E-state index contributed by atoms with van der Waals surface area (Å²) >= 11 is 0. The highest BCUT2D eigenvalue weighted by molar-refractivity contribution is 6.08. The van der Waals surface area contributed by atoms with Crippen molar-refractivity contribution in [1.82, 2.24) is 0 Å². The lowest BCUT2D eigenvalue weighted by molar-refractivity contribution is -0.125. The van der Waals surface area contributed by atoms with Crippen LogP contribution in [0.4, 0.5) is 0 Å². The first-order chi connectivity index (χ1) is 11.9. The predicted molar refractivity (Wildman–Crippen MR) is 112 cm³/mol. The summed E-state index contributed by atoms with van der Waals surface area (Å²) in [7, 11) is 0. The molecule has 0 heterocycles. The molecule has 2 fully saturated rings. The van der Waals surface area contributed by atoms with Crippen molar-refractivity contribution >= 4 is 11.9 Å². The van der Waals surface area contributed by atoms with Gasteiger partial charge in [0.25, 0.3) is 0 Å². The van der Waals surface area contributed by atoms with Crippen LogP contribution >= 0.6 is 0 Å². The van der Waals surface area contributed by atoms with Crippen LogP contribution in [0.25, 0.3) is 6.08 Å². The number of rotatable bonds is 3. The van der Waals surface area contributed by atoms with Gasteiger partial charge < -0.3 is 0 Å². The maximum absolute atomic E-state index is 13.2. The zero-order chi connectivity index (χ0) is 19.6. The molecule has 2 aliphatic carbocycles. The standard InChI is InChI=1S/C25H36O/c1-14(2)12-19-15(3)17(5)20(18(6)16(19)4)13-21-22-10-11-25(9,23(21)26)24(22,7)8/h13-14,22H,10-12H2,1-9H3/b21-13-. The van der Waals surface area contributed by atoms with Gasteiger partial charge in [0.2, 0.25) is 0 Å². The third kappa shape index (κ3) is 2.46. The fourth-order valence-corrected chi connectivity index (χ4v) is 5.60. The molecule has 0 amide bonds. The number of hydrogen-bond donors (Lipinski definition) is 0. The quantitative estimate of drug-likeness (QED) is 0.565. The largest absolute Gasteiger partial charge is 0.294 e. The number of Topliss-reactive ketones (excluding diaryl/α,β-unsaturated/α-hetero) is 1. The molecule has 0 saturated heterocycles. The molecule has 2 saturated carbocycles. The first-order valence-electron chi connectivity index (χ1n) is 10.3. The number of fused-ring (bicyclic) bond motifs is 2. The van der Waals surface area contributed by atoms with Crippen molar-refractivity contribution in [3.05, 3.63) is 39.0 Å². The van der Waals surface area contributed by atoms with Crippen LogP contribution in [-0.4, -0.2) is 5.78 Å². The fourth-order valence-electron chi connectivity index (χ4n) is 5.60. The van der Waals surface area contributed by atoms with Crippen LogP contribution < -0.4 is 0 Å². The first-order valence-corrected chi connectivity index (χ1v) is 10.3. The maximum atomic E-state index is 13.2. The zero-order valence-electron chi connectivity index (χ0n) is 18.3. The average Bonchev–Trinajstić information content (AvgIpc) is 2.87. The molecule has 142 valence electrons. The Bertz CT molecular complexity index is 777. The lowest BCUT2D eigenvalue weighted by Crippen LogP contribution is -2.32. The molecule has 2 atom stereocenters. The molecule has 0 aliphatic heterocycles. The highest BCUT2D eigenvalue weighted by atomic mass is 16.1. The Balaban J connectivity index is 2.15. The molecule has 0 radical (unpaired) electrons. The monoisotopic (exact) mass is 352 g/mol. The highest BCUT2D eigenvalue weighted by Gasteiger charge is 2.63. The van der Waals surface area contributed by atoms with E-state index in [2.05, 4.69) is 68.4 Å². The van der Waals surface area contributed by atoms with Crippen molar-refractivity contribution in [2.75, 3.05) is 0 Å². The van der Waals surface area contributed by atoms with Crippen molar-refractivity contribution in [2.24, 2.45) is 22.7 Å². The Hall–Kier alpha value is -1.37. The number of allylic oxidation sites excluding steroid dienone is 1. The second-order valence-corrected chi connectivity index (χ2v) is 10.1. The van der Waals surface area contributed by atoms with Crippen LogP contribution in [0.3, 0.4) is 0 Å². The molecule has 1 nitrogen and oxygen atoms in total. The summed E-state index contributed by atoms with van der Waals surface area (Å²) < 4.78 is 0. The Kier molecular flexibility index (Phi) is 4.53. The van der Waals surface area contributed by atoms with Crippen molar-refractivity contribution in [1.29, 1.82) is 0 Å². The highest BCUT2D eigenvalue weighted by Crippen LogP contribution is 2.65. The van der Waals surface area contributed by atoms with E-state index in [-0.39, 0.29) is 10.8 Å². The minimum atomic E-state index is -0.174. The van der Waals surface area contributed by atoms with Crippen LogP contribution in [-0.2, 0) is 11.2 Å². The summed E-state index contributed by atoms with van der Waals surface area (Å²) in [4.78, 5) is 13.2. The summed E-state index contributed by atoms with van der Waals surface area (Å²) in [6, 6.07) is 0. The Morgan fingerprint density at radius 3 is 1.96 bits per heavy atom. The summed E-state index contributed by atoms with van der Waals surface area (Å²) in [6.45, 7) is 20.4. The van der Waals surface area contributed by atoms with E-state index in [1.54, 1.807) is 0 Å². The molecule has 0 aromatic heterocycles. The molecule has 26 heavy (non-hydrogen) atoms. The number of hydrogen-bond acceptors (Lipinski definition) is 1. The number of benzene rings is 1. The van der Waals surface area contributed by atoms with Crippen LogP contribution in [0.1, 0.15) is 80.8 Å². The maximum Gasteiger partial charge on any atom is 0.165 e. The lowest BCUT2D eigenvalue weighted by Gasteiger charge is -2.31. The molecular weight excluding hydrogens is 316 g/mol. The van der Waals surface area contributed by atoms with Crippen molar-refractivity contribution in [3.63, 3.8) is 0 Å². The Morgan fingerprint density at radius 1 is 1.00 bits per heavy atom. The zero-order valence-corrected chi connectivity index (χ0v) is 18.3. The van der Waals surface area contributed by atoms with Gasteiger partial charge in [0.15, 0.2) is 5.78 Å². The molecule has 1 aromatic rings. The molecular formula is C25H36O. The number of ketones is 1. The van der Waals surface area contributed by atoms with E-state index in [4.69, 9.17) is 0 Å². The van der Waals surface area contributed by atoms with E-state index in [0.717, 1.165) is 24.8 Å². The molecule has 1 aromatic carbocycles. The first kappa shape index (κ1) is 19.4. The van der Waals surface area contributed by atoms with Crippen molar-refractivity contribution in [3.8, 4) is 0 Å². The molecule has 2 bridgehead atoms. The minimum Gasteiger partial charge on any atom is -0.294 e. The normalized spacial score (nSPS) is 28.6. The average molecular weight is 353 g/mol. The van der Waals surface area contributed by atoms with E-state index in [1.165, 1.54) is 33.4 Å². The van der Waals surface area contributed by atoms with Crippen LogP contribution in [0.2, 0.25) is 0 Å². The molecule has 2 unspecified atom stereocenters. The van der Waals surface area contributed by atoms with E-state index >= 15 is 0 Å². The predicted octanol–water partition coefficient (Wildman–Crippen LogP) is 6.53. The van der Waals surface area contributed by atoms with Gasteiger partial charge in [-0.2, -0.15) is 0 Å². The van der Waals surface area contributed by atoms with Gasteiger partial charge in [-0.1, -0.05) is 34.6 Å². The molecule has 3 rings (SSSR count). The van der Waals surface area contributed by atoms with Gasteiger partial charge in [0.05, 0.1) is 0 Å². The Labute approximate surface area is 160 Å². The summed E-state index contributed by atoms with van der Waals surface area (Å²) in [5.41, 5.74) is 9.33. The third-order valence-corrected chi connectivity index (χ3v) is 8.12. The van der Waals surface area contributed by atoms with Crippen LogP contribution in [0.15, 0.2) is 5.57 Å². The summed E-state index contributed by atoms with van der Waals surface area (Å²) in [5.74, 6) is 1.47. The van der Waals surface area contributed by atoms with Gasteiger partial charge in [0, 0.05) is 5.41 Å². The van der Waals surface area contributed by atoms with Gasteiger partial charge in [-0.25, -0.2) is 0 Å². The van der Waals surface area contributed by atoms with E-state index in [1.807, 2.05) is 0 Å². The van der Waals surface area contributed by atoms with Gasteiger partial charge in [-0.15, -0.1) is 0 Å². The van der Waals surface area contributed by atoms with E-state index in [9.17, 15) is 4.79 Å². The van der Waals surface area contributed by atoms with E-state index < -0.39 is 0 Å². The third-order valence-electron chi connectivity index (χ3n) is 8.12. The van der Waals surface area contributed by atoms with Crippen LogP contribution in [0, 0.1) is 50.4 Å². The second-order valence-electron chi connectivity index (χ2n) is 10.1. The molecule has 2 aliphatic rings. The van der Waals surface area contributed by atoms with Crippen molar-refractivity contribution < 1.29 is 4.79 Å². The van der Waals surface area contributed by atoms with Gasteiger partial charge in [-0.05, 0) is 109 Å². The molecule has 0 spiro atoms. The molecule has 1 heteroatoms. The summed E-state index contributed by atoms with van der Waals surface area (Å²) in [5, 5.41) is 0. The lowest BCUT2D eigenvalue weighted by atomic mass is 9.70. The summed E-state index contributed by atoms with van der Waals surface area (Å²) in [6.07, 6.45) is 5.60. The second kappa shape index (κ2) is 6.08. The smallest absolute Gasteiger partial charge is 0.165 e. The van der Waals surface area contributed by atoms with Gasteiger partial charge in [-0.3, -0.25) is 4.79 Å². The number of carbonyl (C=O) groups is 1. The van der Waals surface area contributed by atoms with Gasteiger partial charge >= 0.3 is 0 Å². The van der Waals surface area contributed by atoms with Gasteiger partial charge in [0.1, 0.15) is 0 Å². The van der Waals surface area contributed by atoms with E-state index in [0.29, 0.717) is 17.6 Å².